The van der Waals surface area contributed by atoms with Crippen molar-refractivity contribution < 1.29 is 17.1 Å². The summed E-state index contributed by atoms with van der Waals surface area (Å²) in [5.74, 6) is 0. The van der Waals surface area contributed by atoms with Crippen molar-refractivity contribution >= 4 is 57.8 Å². The third-order valence-corrected chi connectivity index (χ3v) is 4.21. The van der Waals surface area contributed by atoms with Gasteiger partial charge in [0.1, 0.15) is 11.4 Å². The summed E-state index contributed by atoms with van der Waals surface area (Å²) in [6.45, 7) is 5.04. The molecule has 2 aromatic rings. The number of nitrogens with zero attached hydrogens (tertiary/aromatic N) is 4. The van der Waals surface area contributed by atoms with Gasteiger partial charge in [-0.25, -0.2) is 0 Å². The molecular weight excluding hydrogens is 428 g/mol. The van der Waals surface area contributed by atoms with Gasteiger partial charge >= 0.3 is 17.1 Å². The zero-order valence-electron chi connectivity index (χ0n) is 14.8. The van der Waals surface area contributed by atoms with Crippen LogP contribution in [0.3, 0.4) is 0 Å². The van der Waals surface area contributed by atoms with E-state index in [9.17, 15) is 0 Å². The second kappa shape index (κ2) is 9.75. The smallest absolute Gasteiger partial charge is 0.741 e. The number of hydrogen-bond acceptors (Lipinski definition) is 6. The Hall–Kier alpha value is -2.06. The average Bonchev–Trinajstić information content (AvgIpc) is 2.94. The van der Waals surface area contributed by atoms with Gasteiger partial charge < -0.3 is 25.3 Å². The first-order chi connectivity index (χ1) is 12.7. The minimum absolute atomic E-state index is 0. The van der Waals surface area contributed by atoms with Gasteiger partial charge in [0.05, 0.1) is 0 Å². The van der Waals surface area contributed by atoms with E-state index in [1.165, 1.54) is 0 Å². The number of hydrogen-bond donors (Lipinski definition) is 2. The summed E-state index contributed by atoms with van der Waals surface area (Å²) in [4.78, 5) is 8.26. The van der Waals surface area contributed by atoms with Crippen LogP contribution in [0.25, 0.3) is 10.8 Å². The first-order valence-electron chi connectivity index (χ1n) is 8.28. The fourth-order valence-electron chi connectivity index (χ4n) is 2.78. The van der Waals surface area contributed by atoms with Gasteiger partial charge in [-0.2, -0.15) is 10.2 Å². The molecule has 0 bridgehead atoms. The Kier molecular flexibility index (Phi) is 7.67. The molecule has 0 saturated heterocycles. The van der Waals surface area contributed by atoms with Crippen molar-refractivity contribution in [3.63, 3.8) is 0 Å². The van der Waals surface area contributed by atoms with Crippen molar-refractivity contribution in [1.29, 1.82) is 0 Å². The van der Waals surface area contributed by atoms with Crippen molar-refractivity contribution in [1.82, 2.24) is 10.9 Å². The van der Waals surface area contributed by atoms with Crippen LogP contribution in [0.15, 0.2) is 56.6 Å². The van der Waals surface area contributed by atoms with E-state index in [0.29, 0.717) is 34.8 Å². The average molecular weight is 446 g/mol. The quantitative estimate of drug-likeness (QED) is 0.249. The summed E-state index contributed by atoms with van der Waals surface area (Å²) < 4.78 is 0. The van der Waals surface area contributed by atoms with E-state index in [4.69, 9.17) is 25.3 Å². The zero-order chi connectivity index (χ0) is 18.5. The molecule has 0 fully saturated rings. The monoisotopic (exact) mass is 446 g/mol. The van der Waals surface area contributed by atoms with E-state index >= 15 is 0 Å². The Morgan fingerprint density at radius 1 is 0.815 bits per heavy atom. The fourth-order valence-corrected chi connectivity index (χ4v) is 3.13. The van der Waals surface area contributed by atoms with E-state index in [2.05, 4.69) is 43.2 Å². The molecule has 1 radical (unpaired) electrons. The molecule has 6 nitrogen and oxygen atoms in total. The van der Waals surface area contributed by atoms with Gasteiger partial charge in [0, 0.05) is 29.6 Å². The molecule has 3 rings (SSSR count). The largest absolute Gasteiger partial charge is 2.00 e. The zero-order valence-corrected chi connectivity index (χ0v) is 17.4. The van der Waals surface area contributed by atoms with Crippen molar-refractivity contribution in [2.45, 2.75) is 13.8 Å². The van der Waals surface area contributed by atoms with Gasteiger partial charge in [-0.3, -0.25) is 20.8 Å². The summed E-state index contributed by atoms with van der Waals surface area (Å²) in [6, 6.07) is 12.2. The number of aliphatic imine (C=N–C) groups is 2. The third kappa shape index (κ3) is 4.62. The first kappa shape index (κ1) is 21.2. The molecule has 27 heavy (non-hydrogen) atoms. The van der Waals surface area contributed by atoms with Crippen LogP contribution in [-0.4, -0.2) is 34.8 Å². The molecule has 0 heterocycles. The standard InChI is InChI=1S/C18H20N6S2.Cu/c1-3-19-17(25)23-21-15-12-9-5-7-11-8-6-10-13(14(11)12)16(15)22-24-18(26)20-4-2;/h5-10H,3-4H2,1-2H3,(H2,19,23,25)(H2,20,24,26);/q;+2/p-2/b21-15+,22-16+;/i;1+0. The van der Waals surface area contributed by atoms with Gasteiger partial charge in [0.25, 0.3) is 0 Å². The Morgan fingerprint density at radius 2 is 1.26 bits per heavy atom. The second-order valence-electron chi connectivity index (χ2n) is 5.41. The topological polar surface area (TPSA) is 73.5 Å². The second-order valence-corrected chi connectivity index (χ2v) is 6.19. The van der Waals surface area contributed by atoms with Gasteiger partial charge in [0.15, 0.2) is 0 Å². The van der Waals surface area contributed by atoms with Crippen molar-refractivity contribution in [2.24, 2.45) is 20.2 Å². The van der Waals surface area contributed by atoms with Gasteiger partial charge in [0.2, 0.25) is 0 Å². The van der Waals surface area contributed by atoms with Crippen LogP contribution in [0.5, 0.6) is 0 Å². The Morgan fingerprint density at radius 3 is 1.67 bits per heavy atom. The summed E-state index contributed by atoms with van der Waals surface area (Å²) in [5.41, 5.74) is 9.03. The number of rotatable bonds is 4. The summed E-state index contributed by atoms with van der Waals surface area (Å²) in [6.07, 6.45) is 0. The molecule has 0 saturated carbocycles. The predicted molar refractivity (Wildman–Crippen MR) is 114 cm³/mol. The van der Waals surface area contributed by atoms with Gasteiger partial charge in [-0.1, -0.05) is 36.4 Å². The molecule has 1 aliphatic rings. The van der Waals surface area contributed by atoms with E-state index in [1.54, 1.807) is 0 Å². The minimum atomic E-state index is 0. The van der Waals surface area contributed by atoms with E-state index in [-0.39, 0.29) is 17.1 Å². The minimum Gasteiger partial charge on any atom is -0.741 e. The maximum Gasteiger partial charge on any atom is 2.00 e. The third-order valence-electron chi connectivity index (χ3n) is 3.77. The molecule has 0 aromatic heterocycles. The summed E-state index contributed by atoms with van der Waals surface area (Å²) >= 11 is 10.3. The maximum absolute atomic E-state index is 5.16. The van der Waals surface area contributed by atoms with Crippen LogP contribution in [0.4, 0.5) is 0 Å². The molecule has 0 unspecified atom stereocenters. The molecular formula is C18H18CuN6S2. The number of benzene rings is 2. The summed E-state index contributed by atoms with van der Waals surface area (Å²) in [7, 11) is 0. The number of nitrogens with one attached hydrogen (secondary N) is 2. The Balaban J connectivity index is 0.00000261. The number of amidine groups is 2. The molecule has 2 aromatic carbocycles. The van der Waals surface area contributed by atoms with Crippen LogP contribution in [0, 0.1) is 0 Å². The van der Waals surface area contributed by atoms with Crippen molar-refractivity contribution in [2.75, 3.05) is 13.1 Å². The molecule has 2 N–H and O–H groups in total. The SMILES string of the molecule is CCN=C([S-])N/N=C1/C(=N/NC([S-])=NCC)c2cccc3cccc1c23.[64Cu+2]. The van der Waals surface area contributed by atoms with Crippen LogP contribution in [-0.2, 0) is 42.3 Å². The molecule has 9 heteroatoms. The van der Waals surface area contributed by atoms with Crippen LogP contribution >= 0.6 is 0 Å². The molecule has 0 spiro atoms. The molecule has 0 amide bonds. The predicted octanol–water partition coefficient (Wildman–Crippen LogP) is 2.28. The number of hydrazone groups is 2. The first-order valence-corrected chi connectivity index (χ1v) is 9.10. The molecule has 0 aliphatic heterocycles. The van der Waals surface area contributed by atoms with E-state index in [0.717, 1.165) is 21.9 Å². The summed E-state index contributed by atoms with van der Waals surface area (Å²) in [5, 5.41) is 11.9. The maximum atomic E-state index is 5.16. The van der Waals surface area contributed by atoms with E-state index < -0.39 is 0 Å². The van der Waals surface area contributed by atoms with E-state index in [1.807, 2.05) is 38.1 Å². The molecule has 0 atom stereocenters. The Labute approximate surface area is 180 Å². The van der Waals surface area contributed by atoms with Crippen LogP contribution < -0.4 is 10.9 Å². The van der Waals surface area contributed by atoms with Gasteiger partial charge in [-0.15, -0.1) is 0 Å². The normalized spacial score (nSPS) is 16.7. The molecule has 1 aliphatic carbocycles. The van der Waals surface area contributed by atoms with Gasteiger partial charge in [-0.05, 0) is 29.6 Å². The molecule has 143 valence electrons. The fraction of sp³-hybridized carbons (Fsp3) is 0.222. The van der Waals surface area contributed by atoms with Crippen LogP contribution in [0.2, 0.25) is 0 Å². The van der Waals surface area contributed by atoms with Crippen LogP contribution in [0.1, 0.15) is 25.0 Å². The van der Waals surface area contributed by atoms with Crippen molar-refractivity contribution in [3.8, 4) is 0 Å². The van der Waals surface area contributed by atoms with Crippen molar-refractivity contribution in [3.05, 3.63) is 47.5 Å². The Bertz CT molecular complexity index is 879.